The van der Waals surface area contributed by atoms with Crippen LogP contribution in [0.15, 0.2) is 91.5 Å². The molecule has 1 aromatic carbocycles. The highest BCUT2D eigenvalue weighted by molar-refractivity contribution is 6.10. The lowest BCUT2D eigenvalue weighted by Crippen LogP contribution is -2.48. The van der Waals surface area contributed by atoms with Crippen molar-refractivity contribution in [2.24, 2.45) is 18.9 Å². The van der Waals surface area contributed by atoms with E-state index in [1.54, 1.807) is 57.2 Å². The number of nitrogens with one attached hydrogen (secondary N) is 4. The van der Waals surface area contributed by atoms with Crippen molar-refractivity contribution in [2.75, 3.05) is 84.6 Å². The largest absolute Gasteiger partial charge is 0.389 e. The number of halogens is 5. The highest BCUT2D eigenvalue weighted by atomic mass is 19.4. The third-order valence-electron chi connectivity index (χ3n) is 18.2. The van der Waals surface area contributed by atoms with Gasteiger partial charge in [-0.2, -0.15) is 23.4 Å². The number of hydrogen-bond donors (Lipinski definition) is 4. The highest BCUT2D eigenvalue weighted by Crippen LogP contribution is 2.51. The summed E-state index contributed by atoms with van der Waals surface area (Å²) in [4.78, 5) is 114. The van der Waals surface area contributed by atoms with E-state index in [4.69, 9.17) is 0 Å². The number of carbonyl (C=O) groups is 6. The predicted molar refractivity (Wildman–Crippen MR) is 334 cm³/mol. The Morgan fingerprint density at radius 1 is 0.624 bits per heavy atom. The maximum Gasteiger partial charge on any atom is 0.389 e. The van der Waals surface area contributed by atoms with Crippen molar-refractivity contribution in [3.05, 3.63) is 114 Å². The van der Waals surface area contributed by atoms with Gasteiger partial charge >= 0.3 is 24.3 Å². The zero-order valence-electron chi connectivity index (χ0n) is 50.4. The monoisotopic (exact) mass is 1280 g/mol. The van der Waals surface area contributed by atoms with Crippen LogP contribution in [0.1, 0.15) is 101 Å². The van der Waals surface area contributed by atoms with Gasteiger partial charge in [0.1, 0.15) is 17.1 Å². The first-order valence-electron chi connectivity index (χ1n) is 30.8. The Bertz CT molecular complexity index is 4320. The average molecular weight is 1280 g/mol. The van der Waals surface area contributed by atoms with E-state index >= 15 is 0 Å². The minimum absolute atomic E-state index is 0.0375. The van der Waals surface area contributed by atoms with Crippen LogP contribution in [0.2, 0.25) is 0 Å². The smallest absolute Gasteiger partial charge is 0.366 e. The molecule has 0 spiro atoms. The summed E-state index contributed by atoms with van der Waals surface area (Å²) in [7, 11) is 1.81. The van der Waals surface area contributed by atoms with E-state index in [9.17, 15) is 50.7 Å². The Hall–Kier alpha value is -10.3. The van der Waals surface area contributed by atoms with Crippen molar-refractivity contribution in [1.82, 2.24) is 49.9 Å². The van der Waals surface area contributed by atoms with Crippen LogP contribution in [-0.4, -0.2) is 155 Å². The Labute approximate surface area is 527 Å². The molecule has 5 fully saturated rings. The number of aromatic amines is 1. The van der Waals surface area contributed by atoms with Gasteiger partial charge in [0.25, 0.3) is 5.92 Å². The summed E-state index contributed by atoms with van der Waals surface area (Å²) < 4.78 is 65.9. The zero-order chi connectivity index (χ0) is 64.6. The molecule has 6 amide bonds. The summed E-state index contributed by atoms with van der Waals surface area (Å²) in [5, 5.41) is 21.3. The molecule has 4 N–H and O–H groups in total. The molecule has 16 rings (SSSR count). The van der Waals surface area contributed by atoms with Crippen LogP contribution in [0.5, 0.6) is 0 Å². The summed E-state index contributed by atoms with van der Waals surface area (Å²) in [6.07, 6.45) is 4.58. The normalized spacial score (nSPS) is 20.0. The van der Waals surface area contributed by atoms with E-state index in [1.807, 2.05) is 44.3 Å². The summed E-state index contributed by atoms with van der Waals surface area (Å²) in [6.45, 7) is 6.29. The van der Waals surface area contributed by atoms with E-state index in [0.29, 0.717) is 76.8 Å². The van der Waals surface area contributed by atoms with E-state index in [1.165, 1.54) is 23.4 Å². The average Bonchev–Trinajstić information content (AvgIpc) is 1.73. The third-order valence-corrected chi connectivity index (χ3v) is 18.2. The molecule has 8 aromatic rings. The van der Waals surface area contributed by atoms with Crippen molar-refractivity contribution in [3.8, 4) is 0 Å². The molecule has 3 saturated heterocycles. The summed E-state index contributed by atoms with van der Waals surface area (Å²) >= 11 is 0. The summed E-state index contributed by atoms with van der Waals surface area (Å²) in [5.74, 6) is -2.30. The number of fused-ring (bicyclic) bond motifs is 14. The number of urea groups is 3. The maximum atomic E-state index is 13.4. The Morgan fingerprint density at radius 3 is 1.71 bits per heavy atom. The number of Topliss-reactive ketones (excluding diaryl/α,β-unsaturated/α-hetero) is 3. The van der Waals surface area contributed by atoms with Crippen molar-refractivity contribution in [1.29, 1.82) is 0 Å². The van der Waals surface area contributed by atoms with Crippen molar-refractivity contribution in [3.63, 3.8) is 0 Å². The van der Waals surface area contributed by atoms with Crippen LogP contribution in [0, 0.1) is 18.8 Å². The molecule has 2 saturated carbocycles. The third kappa shape index (κ3) is 12.2. The molecule has 0 radical (unpaired) electrons. The van der Waals surface area contributed by atoms with E-state index in [2.05, 4.69) is 75.9 Å². The van der Waals surface area contributed by atoms with Gasteiger partial charge in [-0.05, 0) is 106 Å². The van der Waals surface area contributed by atoms with Gasteiger partial charge in [-0.15, -0.1) is 0 Å². The number of hydrogen-bond acceptors (Lipinski definition) is 17. The van der Waals surface area contributed by atoms with Gasteiger partial charge in [0, 0.05) is 101 Å². The molecule has 8 aliphatic rings. The van der Waals surface area contributed by atoms with Gasteiger partial charge < -0.3 is 20.0 Å². The summed E-state index contributed by atoms with van der Waals surface area (Å²) in [5.41, 5.74) is 5.64. The second-order valence-corrected chi connectivity index (χ2v) is 24.6. The standard InChI is InChI=1S/C22H21F3N6O2.C22H21F2N7O2.C19H20N6O2/c1-29-17-4-2-3-15(14(17)11-26-29)28-21(33)31-13-8-10-30(12-13)18-6-5-16(27-20(18)31)19(32)7-9-22(23,24)25;1-11-2-3-14-18(25-11)28-29-19(14)27-21(33)31-13-6-7-30(10-13)16-5-4-15(26-20(16)31)17(32)8-12-9-22(12,23)24;26-16(9-12-1-2-12)14-3-4-15-18(22-14)25(13-5-8-24(15)11-13)19(27)23-17-10-20-6-7-21-17/h2-6,11,13H,7-10,12H2,1H3,(H,28,33);2-5,12-13H,6-10H2,1H3,(H2,25,27,28,29,33);3-4,6-7,10,12-13H,1-2,5,8-9,11H2,(H,21,23,27)/t13-;12-,13+;13-/m010/s1. The van der Waals surface area contributed by atoms with Crippen molar-refractivity contribution in [2.45, 2.75) is 101 Å². The number of aromatic nitrogens is 10. The van der Waals surface area contributed by atoms with Gasteiger partial charge in [0.15, 0.2) is 52.1 Å². The fraction of sp³-hybridized carbons (Fsp3) is 0.397. The van der Waals surface area contributed by atoms with E-state index < -0.39 is 54.5 Å². The van der Waals surface area contributed by atoms with Crippen LogP contribution >= 0.6 is 0 Å². The number of amides is 6. The lowest BCUT2D eigenvalue weighted by Gasteiger charge is -2.35. The first kappa shape index (κ1) is 60.3. The fourth-order valence-electron chi connectivity index (χ4n) is 13.0. The van der Waals surface area contributed by atoms with Crippen LogP contribution in [0.3, 0.4) is 0 Å². The minimum Gasteiger partial charge on any atom is -0.366 e. The fourth-order valence-corrected chi connectivity index (χ4v) is 13.0. The molecule has 7 aromatic heterocycles. The number of alkyl halides is 5. The van der Waals surface area contributed by atoms with Gasteiger partial charge in [-0.25, -0.2) is 48.1 Å². The number of benzene rings is 1. The number of rotatable bonds is 12. The first-order chi connectivity index (χ1) is 44.7. The van der Waals surface area contributed by atoms with Crippen LogP contribution in [0.25, 0.3) is 21.9 Å². The van der Waals surface area contributed by atoms with Crippen molar-refractivity contribution < 1.29 is 50.7 Å². The highest BCUT2D eigenvalue weighted by Gasteiger charge is 2.57. The van der Waals surface area contributed by atoms with Gasteiger partial charge in [-0.1, -0.05) is 6.07 Å². The number of carbonyl (C=O) groups excluding carboxylic acids is 6. The first-order valence-corrected chi connectivity index (χ1v) is 30.8. The Balaban J connectivity index is 0.000000122. The summed E-state index contributed by atoms with van der Waals surface area (Å²) in [6, 6.07) is 17.9. The molecule has 4 atom stereocenters. The lowest BCUT2D eigenvalue weighted by atomic mass is 10.1. The molecule has 13 heterocycles. The molecule has 0 unspecified atom stereocenters. The molecular formula is C63H62F5N19O6. The number of anilines is 9. The van der Waals surface area contributed by atoms with Crippen molar-refractivity contribution >= 4 is 109 Å². The second kappa shape index (κ2) is 23.7. The molecule has 480 valence electrons. The van der Waals surface area contributed by atoms with Gasteiger partial charge in [-0.3, -0.25) is 54.5 Å². The Kier molecular flexibility index (Phi) is 15.4. The quantitative estimate of drug-likeness (QED) is 0.0653. The molecule has 30 heteroatoms. The molecule has 2 aliphatic carbocycles. The Morgan fingerprint density at radius 2 is 1.17 bits per heavy atom. The van der Waals surface area contributed by atoms with E-state index in [-0.39, 0.29) is 60.0 Å². The topological polar surface area (TPSA) is 282 Å². The second-order valence-electron chi connectivity index (χ2n) is 24.6. The number of pyridine rings is 4. The zero-order valence-corrected chi connectivity index (χ0v) is 50.4. The number of nitrogens with zero attached hydrogens (tertiary/aromatic N) is 15. The van der Waals surface area contributed by atoms with Gasteiger partial charge in [0.05, 0.1) is 70.6 Å². The van der Waals surface area contributed by atoms with Crippen LogP contribution in [-0.2, 0) is 7.05 Å². The van der Waals surface area contributed by atoms with Crippen LogP contribution < -0.4 is 45.3 Å². The number of ketones is 3. The maximum absolute atomic E-state index is 13.4. The molecule has 6 aliphatic heterocycles. The molecule has 93 heavy (non-hydrogen) atoms. The molecular weight excluding hydrogens is 1210 g/mol. The molecule has 6 bridgehead atoms. The predicted octanol–water partition coefficient (Wildman–Crippen LogP) is 10.1. The van der Waals surface area contributed by atoms with Gasteiger partial charge in [0.2, 0.25) is 0 Å². The molecule has 25 nitrogen and oxygen atoms in total. The number of H-pyrrole nitrogens is 1. The van der Waals surface area contributed by atoms with Crippen LogP contribution in [0.4, 0.5) is 88.2 Å². The number of aryl methyl sites for hydroxylation is 2. The minimum atomic E-state index is -4.42. The van der Waals surface area contributed by atoms with E-state index in [0.717, 1.165) is 86.3 Å². The lowest BCUT2D eigenvalue weighted by molar-refractivity contribution is -0.133. The SMILES string of the molecule is Cc1ccc2c(NC(=O)N3c4nc(C(=O)C[C@@H]5CC5(F)F)ccc4N4CC[C@H]3C4)n[nH]c2n1.Cn1ncc2c(NC(=O)N3c4nc(C(=O)CCC(F)(F)F)ccc4N4CC[C@H]3C4)cccc21.O=C(CC1CC1)c1ccc2c(n1)N(C(=O)Nc1cnccn1)[C@H]1CCN2C1.